The Balaban J connectivity index is 1.78. The van der Waals surface area contributed by atoms with Crippen LogP contribution in [-0.4, -0.2) is 39.9 Å². The number of pyridine rings is 1. The van der Waals surface area contributed by atoms with Gasteiger partial charge in [-0.1, -0.05) is 6.07 Å². The number of carbonyl (C=O) groups excluding carboxylic acids is 1. The first-order valence-electron chi connectivity index (χ1n) is 9.35. The van der Waals surface area contributed by atoms with E-state index in [0.29, 0.717) is 22.5 Å². The maximum absolute atomic E-state index is 14.0. The maximum atomic E-state index is 14.0. The SMILES string of the molecule is CN(C(=O)c1cccc(NS(C)=O)c1)C1COCc2[nH]c(=O)c3cc(F)c(F)cc3c21. The standard InChI is InChI=1S/C21H19F2N3O4S/c1-26(21(28)11-4-3-5-12(6-11)25-31(2)29)18-10-30-9-17-19(18)13-7-15(22)16(23)8-14(13)20(27)24-17/h3-8,18,25H,9-10H2,1-2H3,(H,24,27). The summed E-state index contributed by atoms with van der Waals surface area (Å²) in [5.41, 5.74) is 1.23. The fraction of sp³-hybridized carbons (Fsp3) is 0.238. The molecule has 1 aliphatic heterocycles. The zero-order valence-corrected chi connectivity index (χ0v) is 17.5. The van der Waals surface area contributed by atoms with Gasteiger partial charge in [-0.05, 0) is 35.7 Å². The predicted octanol–water partition coefficient (Wildman–Crippen LogP) is 2.86. The highest BCUT2D eigenvalue weighted by molar-refractivity contribution is 7.85. The molecule has 2 unspecified atom stereocenters. The van der Waals surface area contributed by atoms with Crippen LogP contribution in [0.1, 0.15) is 27.7 Å². The number of amides is 1. The summed E-state index contributed by atoms with van der Waals surface area (Å²) in [5.74, 6) is -2.55. The van der Waals surface area contributed by atoms with Crippen LogP contribution in [0, 0.1) is 11.6 Å². The van der Waals surface area contributed by atoms with Gasteiger partial charge in [-0.2, -0.15) is 0 Å². The lowest BCUT2D eigenvalue weighted by molar-refractivity contribution is 0.0335. The number of nitrogens with one attached hydrogen (secondary N) is 2. The first kappa shape index (κ1) is 21.1. The molecule has 0 aliphatic carbocycles. The van der Waals surface area contributed by atoms with E-state index >= 15 is 0 Å². The zero-order chi connectivity index (χ0) is 22.3. The van der Waals surface area contributed by atoms with Gasteiger partial charge in [-0.15, -0.1) is 0 Å². The Kier molecular flexibility index (Phi) is 5.59. The summed E-state index contributed by atoms with van der Waals surface area (Å²) in [6.45, 7) is 0.200. The van der Waals surface area contributed by atoms with Crippen LogP contribution in [-0.2, 0) is 22.3 Å². The Labute approximate surface area is 178 Å². The number of anilines is 1. The van der Waals surface area contributed by atoms with Gasteiger partial charge in [-0.25, -0.2) is 13.0 Å². The third-order valence-electron chi connectivity index (χ3n) is 5.20. The lowest BCUT2D eigenvalue weighted by atomic mass is 9.95. The molecule has 2 heterocycles. The van der Waals surface area contributed by atoms with Crippen molar-refractivity contribution in [3.05, 3.63) is 75.2 Å². The number of hydrogen-bond donors (Lipinski definition) is 2. The Morgan fingerprint density at radius 3 is 2.65 bits per heavy atom. The predicted molar refractivity (Wildman–Crippen MR) is 113 cm³/mol. The van der Waals surface area contributed by atoms with Gasteiger partial charge < -0.3 is 19.3 Å². The van der Waals surface area contributed by atoms with Crippen LogP contribution in [0.4, 0.5) is 14.5 Å². The van der Waals surface area contributed by atoms with Gasteiger partial charge in [0.05, 0.1) is 24.6 Å². The number of aromatic amines is 1. The Morgan fingerprint density at radius 1 is 1.23 bits per heavy atom. The number of rotatable bonds is 4. The molecule has 0 spiro atoms. The molecule has 2 N–H and O–H groups in total. The van der Waals surface area contributed by atoms with E-state index in [1.165, 1.54) is 11.2 Å². The summed E-state index contributed by atoms with van der Waals surface area (Å²) in [4.78, 5) is 29.6. The van der Waals surface area contributed by atoms with Gasteiger partial charge >= 0.3 is 0 Å². The molecule has 10 heteroatoms. The van der Waals surface area contributed by atoms with Crippen molar-refractivity contribution in [3.63, 3.8) is 0 Å². The van der Waals surface area contributed by atoms with E-state index in [4.69, 9.17) is 4.74 Å². The zero-order valence-electron chi connectivity index (χ0n) is 16.7. The van der Waals surface area contributed by atoms with E-state index in [-0.39, 0.29) is 29.9 Å². The van der Waals surface area contributed by atoms with Crippen molar-refractivity contribution in [2.75, 3.05) is 24.6 Å². The molecular weight excluding hydrogens is 428 g/mol. The number of nitrogens with zero attached hydrogens (tertiary/aromatic N) is 1. The van der Waals surface area contributed by atoms with Crippen LogP contribution in [0.3, 0.4) is 0 Å². The van der Waals surface area contributed by atoms with Crippen molar-refractivity contribution in [1.29, 1.82) is 0 Å². The van der Waals surface area contributed by atoms with Gasteiger partial charge in [-0.3, -0.25) is 9.59 Å². The number of benzene rings is 2. The molecule has 162 valence electrons. The van der Waals surface area contributed by atoms with Crippen molar-refractivity contribution < 1.29 is 22.5 Å². The normalized spacial score (nSPS) is 16.6. The Bertz CT molecular complexity index is 1280. The summed E-state index contributed by atoms with van der Waals surface area (Å²) < 4.78 is 47.5. The number of halogens is 2. The fourth-order valence-electron chi connectivity index (χ4n) is 3.77. The molecule has 7 nitrogen and oxygen atoms in total. The highest BCUT2D eigenvalue weighted by Crippen LogP contribution is 2.34. The fourth-order valence-corrected chi connectivity index (χ4v) is 4.23. The van der Waals surface area contributed by atoms with Crippen LogP contribution >= 0.6 is 0 Å². The topological polar surface area (TPSA) is 91.5 Å². The highest BCUT2D eigenvalue weighted by Gasteiger charge is 2.31. The molecule has 4 rings (SSSR count). The molecule has 0 radical (unpaired) electrons. The Hall–Kier alpha value is -3.11. The molecule has 0 saturated carbocycles. The van der Waals surface area contributed by atoms with Crippen LogP contribution < -0.4 is 10.3 Å². The number of H-pyrrole nitrogens is 1. The van der Waals surface area contributed by atoms with E-state index < -0.39 is 34.2 Å². The summed E-state index contributed by atoms with van der Waals surface area (Å²) in [6, 6.07) is 7.74. The van der Waals surface area contributed by atoms with E-state index in [2.05, 4.69) is 9.71 Å². The maximum Gasteiger partial charge on any atom is 0.256 e. The van der Waals surface area contributed by atoms with Gasteiger partial charge in [0, 0.05) is 35.8 Å². The van der Waals surface area contributed by atoms with Gasteiger partial charge in [0.2, 0.25) is 0 Å². The average Bonchev–Trinajstić information content (AvgIpc) is 2.73. The van der Waals surface area contributed by atoms with Crippen molar-refractivity contribution >= 4 is 33.4 Å². The van der Waals surface area contributed by atoms with Crippen LogP contribution in [0.25, 0.3) is 10.8 Å². The van der Waals surface area contributed by atoms with Gasteiger partial charge in [0.25, 0.3) is 11.5 Å². The van der Waals surface area contributed by atoms with Crippen molar-refractivity contribution in [3.8, 4) is 0 Å². The monoisotopic (exact) mass is 447 g/mol. The largest absolute Gasteiger partial charge is 0.373 e. The molecule has 0 bridgehead atoms. The minimum atomic E-state index is -1.30. The minimum Gasteiger partial charge on any atom is -0.373 e. The number of hydrogen-bond acceptors (Lipinski definition) is 4. The van der Waals surface area contributed by atoms with Crippen molar-refractivity contribution in [2.24, 2.45) is 0 Å². The molecule has 1 aliphatic rings. The molecule has 0 saturated heterocycles. The molecular formula is C21H19F2N3O4S. The van der Waals surface area contributed by atoms with Crippen molar-refractivity contribution in [1.82, 2.24) is 9.88 Å². The molecule has 2 atom stereocenters. The quantitative estimate of drug-likeness (QED) is 0.644. The van der Waals surface area contributed by atoms with E-state index in [1.807, 2.05) is 0 Å². The highest BCUT2D eigenvalue weighted by atomic mass is 32.2. The van der Waals surface area contributed by atoms with Crippen LogP contribution in [0.2, 0.25) is 0 Å². The number of fused-ring (bicyclic) bond motifs is 3. The van der Waals surface area contributed by atoms with Gasteiger partial charge in [0.15, 0.2) is 11.6 Å². The summed E-state index contributed by atoms with van der Waals surface area (Å²) in [6.07, 6.45) is 1.48. The summed E-state index contributed by atoms with van der Waals surface area (Å²) in [7, 11) is 0.270. The molecule has 1 aromatic heterocycles. The first-order valence-corrected chi connectivity index (χ1v) is 10.9. The second-order valence-corrected chi connectivity index (χ2v) is 8.35. The van der Waals surface area contributed by atoms with Crippen LogP contribution in [0.5, 0.6) is 0 Å². The number of aromatic nitrogens is 1. The molecule has 31 heavy (non-hydrogen) atoms. The van der Waals surface area contributed by atoms with E-state index in [0.717, 1.165) is 12.1 Å². The number of carbonyl (C=O) groups is 1. The van der Waals surface area contributed by atoms with Gasteiger partial charge in [0.1, 0.15) is 11.0 Å². The molecule has 1 amide bonds. The number of ether oxygens (including phenoxy) is 1. The van der Waals surface area contributed by atoms with E-state index in [1.54, 1.807) is 31.3 Å². The summed E-state index contributed by atoms with van der Waals surface area (Å²) in [5, 5.41) is 0.240. The molecule has 3 aromatic rings. The second-order valence-electron chi connectivity index (χ2n) is 7.24. The van der Waals surface area contributed by atoms with Crippen LogP contribution in [0.15, 0.2) is 41.2 Å². The summed E-state index contributed by atoms with van der Waals surface area (Å²) >= 11 is 0. The third-order valence-corrected chi connectivity index (χ3v) is 5.72. The molecule has 0 fully saturated rings. The number of likely N-dealkylation sites (N-methyl/N-ethyl adjacent to an activating group) is 1. The second kappa shape index (κ2) is 8.20. The van der Waals surface area contributed by atoms with E-state index in [9.17, 15) is 22.6 Å². The first-order chi connectivity index (χ1) is 14.8. The minimum absolute atomic E-state index is 0.00187. The average molecular weight is 447 g/mol. The third kappa shape index (κ3) is 3.96. The van der Waals surface area contributed by atoms with Crippen molar-refractivity contribution in [2.45, 2.75) is 12.6 Å². The lowest BCUT2D eigenvalue weighted by Crippen LogP contribution is -2.37. The lowest BCUT2D eigenvalue weighted by Gasteiger charge is -2.34. The smallest absolute Gasteiger partial charge is 0.256 e. The Morgan fingerprint density at radius 2 is 1.94 bits per heavy atom. The molecule has 2 aromatic carbocycles.